The van der Waals surface area contributed by atoms with E-state index in [0.717, 1.165) is 76.1 Å². The maximum absolute atomic E-state index is 14.2. The Morgan fingerprint density at radius 3 is 2.37 bits per heavy atom. The monoisotopic (exact) mass is 818 g/mol. The van der Waals surface area contributed by atoms with Crippen molar-refractivity contribution in [2.24, 2.45) is 0 Å². The first-order valence-electron chi connectivity index (χ1n) is 20.1. The maximum atomic E-state index is 14.2. The lowest BCUT2D eigenvalue weighted by Crippen LogP contribution is -2.56. The highest BCUT2D eigenvalue weighted by atomic mass is 35.5. The maximum Gasteiger partial charge on any atom is 0.326 e. The van der Waals surface area contributed by atoms with Gasteiger partial charge in [-0.2, -0.15) is 0 Å². The molecule has 0 bridgehead atoms. The highest BCUT2D eigenvalue weighted by Gasteiger charge is 2.39. The highest BCUT2D eigenvalue weighted by molar-refractivity contribution is 6.20. The molecular weight excluding hydrogens is 772 g/mol. The summed E-state index contributed by atoms with van der Waals surface area (Å²) >= 11 is 6.27. The number of halogens is 1. The second kappa shape index (κ2) is 16.8. The molecule has 0 saturated heterocycles. The van der Waals surface area contributed by atoms with Gasteiger partial charge in [0.15, 0.2) is 29.2 Å². The Balaban J connectivity index is 1.000. The van der Waals surface area contributed by atoms with Crippen LogP contribution in [0.3, 0.4) is 0 Å². The molecule has 0 radical (unpaired) electrons. The van der Waals surface area contributed by atoms with Gasteiger partial charge in [-0.05, 0) is 116 Å². The molecule has 0 spiro atoms. The van der Waals surface area contributed by atoms with E-state index in [1.54, 1.807) is 20.0 Å². The van der Waals surface area contributed by atoms with Crippen LogP contribution in [0.1, 0.15) is 87.4 Å². The van der Waals surface area contributed by atoms with Gasteiger partial charge < -0.3 is 34.0 Å². The minimum atomic E-state index is -1.25. The fourth-order valence-corrected chi connectivity index (χ4v) is 8.45. The minimum absolute atomic E-state index is 0.0413. The molecule has 2 N–H and O–H groups in total. The third kappa shape index (κ3) is 8.64. The molecule has 3 aliphatic rings. The molecule has 4 heterocycles. The predicted molar refractivity (Wildman–Crippen MR) is 220 cm³/mol. The summed E-state index contributed by atoms with van der Waals surface area (Å²) in [4.78, 5) is 51.1. The molecule has 13 heteroatoms. The van der Waals surface area contributed by atoms with Gasteiger partial charge in [0.25, 0.3) is 5.91 Å². The summed E-state index contributed by atoms with van der Waals surface area (Å²) < 4.78 is 24.5. The van der Waals surface area contributed by atoms with Crippen molar-refractivity contribution in [2.75, 3.05) is 6.61 Å². The number of hydrogen-bond acceptors (Lipinski definition) is 9. The quantitative estimate of drug-likeness (QED) is 0.134. The summed E-state index contributed by atoms with van der Waals surface area (Å²) in [5.74, 6) is 0.210. The zero-order valence-electron chi connectivity index (χ0n) is 33.5. The summed E-state index contributed by atoms with van der Waals surface area (Å²) in [5, 5.41) is 13.3. The summed E-state index contributed by atoms with van der Waals surface area (Å²) in [6.45, 7) is 7.59. The third-order valence-corrected chi connectivity index (χ3v) is 12.1. The number of carboxylic acid groups (broad SMARTS) is 1. The second-order valence-electron chi connectivity index (χ2n) is 15.7. The smallest absolute Gasteiger partial charge is 0.326 e. The van der Waals surface area contributed by atoms with E-state index in [0.29, 0.717) is 23.1 Å². The van der Waals surface area contributed by atoms with Gasteiger partial charge in [0.2, 0.25) is 5.91 Å². The number of benzene rings is 3. The number of oxazole rings is 1. The number of rotatable bonds is 10. The Kier molecular flexibility index (Phi) is 11.3. The number of aromatic nitrogens is 2. The van der Waals surface area contributed by atoms with Crippen LogP contribution >= 0.6 is 11.6 Å². The fraction of sp³-hybridized carbons (Fsp3) is 0.370. The molecule has 8 rings (SSSR count). The van der Waals surface area contributed by atoms with Gasteiger partial charge >= 0.3 is 5.97 Å². The van der Waals surface area contributed by atoms with Crippen LogP contribution in [0, 0.1) is 27.7 Å². The predicted octanol–water partition coefficient (Wildman–Crippen LogP) is 7.79. The first-order chi connectivity index (χ1) is 28.4. The topological polar surface area (TPSA) is 153 Å². The molecule has 1 fully saturated rings. The van der Waals surface area contributed by atoms with E-state index >= 15 is 0 Å². The van der Waals surface area contributed by atoms with Gasteiger partial charge in [-0.1, -0.05) is 36.4 Å². The summed E-state index contributed by atoms with van der Waals surface area (Å²) in [6, 6.07) is 18.8. The zero-order chi connectivity index (χ0) is 41.4. The van der Waals surface area contributed by atoms with Crippen LogP contribution in [0.15, 0.2) is 77.3 Å². The number of fused-ring (bicyclic) bond motifs is 2. The Labute approximate surface area is 347 Å². The normalized spacial score (nSPS) is 20.3. The van der Waals surface area contributed by atoms with Crippen molar-refractivity contribution < 1.29 is 38.1 Å². The lowest BCUT2D eigenvalue weighted by atomic mass is 9.91. The molecular formula is C46H47ClN4O8. The van der Waals surface area contributed by atoms with Crippen LogP contribution in [-0.4, -0.2) is 67.9 Å². The van der Waals surface area contributed by atoms with Gasteiger partial charge in [-0.15, -0.1) is 11.6 Å². The number of hydrogen-bond donors (Lipinski definition) is 2. The SMILES string of the molecule is Cc1nc(C(=O)N2Cc3cc4c(cc3C[C@H]2C(=O)N[C@@H](Cc2ccc(-c3ccnc(C)c3C)cc2)C(=O)O)OC[C@H](c2ccc(OC3CCC(Cl)CC3)cc2)O4)c(C)o1. The number of ether oxygens (including phenoxy) is 3. The number of carbonyl (C=O) groups is 3. The molecule has 1 saturated carbocycles. The van der Waals surface area contributed by atoms with Gasteiger partial charge in [0.1, 0.15) is 30.2 Å². The van der Waals surface area contributed by atoms with Crippen molar-refractivity contribution in [3.05, 3.63) is 124 Å². The van der Waals surface area contributed by atoms with Crippen molar-refractivity contribution in [1.29, 1.82) is 0 Å². The van der Waals surface area contributed by atoms with Crippen LogP contribution in [0.5, 0.6) is 17.2 Å². The standard InChI is InChI=1S/C46H47ClN4O8/c1-25-26(2)48-18-17-37(25)30-7-5-29(6-8-30)19-38(46(54)55)50-44(52)39-20-32-21-40-41(22-33(32)23-51(39)45(53)43-27(3)57-28(4)49-43)59-42(24-56-40)31-9-13-35(14-10-31)58-36-15-11-34(47)12-16-36/h5-10,13-14,17-18,21-22,34,36,38-39,42H,11-12,15-16,19-20,23-24H2,1-4H3,(H,50,52)(H,54,55)/t34?,36?,38-,39-,42+/m0/s1. The average molecular weight is 819 g/mol. The van der Waals surface area contributed by atoms with Crippen molar-refractivity contribution in [3.63, 3.8) is 0 Å². The molecule has 3 atom stereocenters. The lowest BCUT2D eigenvalue weighted by Gasteiger charge is -2.37. The van der Waals surface area contributed by atoms with E-state index in [2.05, 4.69) is 15.3 Å². The van der Waals surface area contributed by atoms with Crippen LogP contribution in [0.25, 0.3) is 11.1 Å². The summed E-state index contributed by atoms with van der Waals surface area (Å²) in [6.07, 6.45) is 5.49. The van der Waals surface area contributed by atoms with E-state index in [1.807, 2.05) is 80.6 Å². The largest absolute Gasteiger partial charge is 0.490 e. The zero-order valence-corrected chi connectivity index (χ0v) is 34.3. The molecule has 0 unspecified atom stereocenters. The minimum Gasteiger partial charge on any atom is -0.490 e. The van der Waals surface area contributed by atoms with E-state index in [4.69, 9.17) is 30.2 Å². The number of pyridine rings is 1. The number of nitrogens with zero attached hydrogens (tertiary/aromatic N) is 3. The Hall–Kier alpha value is -5.88. The van der Waals surface area contributed by atoms with E-state index in [1.165, 1.54) is 4.90 Å². The van der Waals surface area contributed by atoms with Gasteiger partial charge in [-0.3, -0.25) is 14.6 Å². The van der Waals surface area contributed by atoms with Crippen LogP contribution < -0.4 is 19.5 Å². The number of nitrogens with one attached hydrogen (secondary N) is 1. The van der Waals surface area contributed by atoms with Crippen molar-refractivity contribution in [1.82, 2.24) is 20.2 Å². The van der Waals surface area contributed by atoms with E-state index in [-0.39, 0.29) is 49.3 Å². The number of carbonyl (C=O) groups excluding carboxylic acids is 2. The molecule has 5 aromatic rings. The van der Waals surface area contributed by atoms with Crippen molar-refractivity contribution in [2.45, 2.75) is 102 Å². The molecule has 2 amide bonds. The average Bonchev–Trinajstić information content (AvgIpc) is 3.58. The lowest BCUT2D eigenvalue weighted by molar-refractivity contribution is -0.142. The van der Waals surface area contributed by atoms with E-state index < -0.39 is 29.9 Å². The molecule has 2 aromatic heterocycles. The molecule has 3 aromatic carbocycles. The Morgan fingerprint density at radius 1 is 0.949 bits per heavy atom. The fourth-order valence-electron chi connectivity index (χ4n) is 8.20. The summed E-state index contributed by atoms with van der Waals surface area (Å²) in [7, 11) is 0. The number of amides is 2. The Morgan fingerprint density at radius 2 is 1.68 bits per heavy atom. The number of aliphatic carboxylic acids is 1. The molecule has 12 nitrogen and oxygen atoms in total. The van der Waals surface area contributed by atoms with Gasteiger partial charge in [0, 0.05) is 43.6 Å². The first-order valence-corrected chi connectivity index (χ1v) is 20.5. The van der Waals surface area contributed by atoms with Crippen LogP contribution in [0.4, 0.5) is 0 Å². The molecule has 306 valence electrons. The highest BCUT2D eigenvalue weighted by Crippen LogP contribution is 2.41. The van der Waals surface area contributed by atoms with Crippen molar-refractivity contribution >= 4 is 29.4 Å². The first kappa shape index (κ1) is 39.9. The molecule has 2 aliphatic heterocycles. The molecule has 1 aliphatic carbocycles. The third-order valence-electron chi connectivity index (χ3n) is 11.7. The number of carboxylic acids is 1. The van der Waals surface area contributed by atoms with E-state index in [9.17, 15) is 19.5 Å². The summed E-state index contributed by atoms with van der Waals surface area (Å²) in [5.41, 5.74) is 7.34. The van der Waals surface area contributed by atoms with Gasteiger partial charge in [-0.25, -0.2) is 9.78 Å². The van der Waals surface area contributed by atoms with Crippen molar-refractivity contribution in [3.8, 4) is 28.4 Å². The number of aryl methyl sites for hydroxylation is 3. The molecule has 59 heavy (non-hydrogen) atoms. The second-order valence-corrected chi connectivity index (χ2v) is 16.3. The van der Waals surface area contributed by atoms with Crippen LogP contribution in [0.2, 0.25) is 0 Å². The van der Waals surface area contributed by atoms with Crippen LogP contribution in [-0.2, 0) is 29.0 Å². The Bertz CT molecular complexity index is 2370. The number of alkyl halides is 1. The van der Waals surface area contributed by atoms with Gasteiger partial charge in [0.05, 0.1) is 6.10 Å².